The number of amides is 2. The summed E-state index contributed by atoms with van der Waals surface area (Å²) in [6.45, 7) is 5.93. The second-order valence-electron chi connectivity index (χ2n) is 11.7. The van der Waals surface area contributed by atoms with Gasteiger partial charge in [-0.05, 0) is 62.3 Å². The number of carbonyl (C=O) groups is 2. The molecule has 5 heterocycles. The fraction of sp³-hybridized carbons (Fsp3) is 0.433. The van der Waals surface area contributed by atoms with Gasteiger partial charge in [-0.15, -0.1) is 11.3 Å². The second-order valence-corrected chi connectivity index (χ2v) is 12.8. The molecule has 1 spiro atoms. The largest absolute Gasteiger partial charge is 0.383 e. The number of nitrogen functional groups attached to an aromatic ring is 1. The first-order valence-corrected chi connectivity index (χ1v) is 14.7. The summed E-state index contributed by atoms with van der Waals surface area (Å²) in [6, 6.07) is 10.2. The van der Waals surface area contributed by atoms with Crippen molar-refractivity contribution in [1.29, 1.82) is 0 Å². The number of piperidine rings is 1. The zero-order chi connectivity index (χ0) is 27.9. The Morgan fingerprint density at radius 1 is 1.12 bits per heavy atom. The molecule has 7 rings (SSSR count). The van der Waals surface area contributed by atoms with E-state index in [0.29, 0.717) is 46.7 Å². The van der Waals surface area contributed by atoms with E-state index < -0.39 is 11.8 Å². The zero-order valence-electron chi connectivity index (χ0n) is 23.0. The van der Waals surface area contributed by atoms with Crippen LogP contribution in [0.5, 0.6) is 0 Å². The lowest BCUT2D eigenvalue weighted by Gasteiger charge is -2.58. The zero-order valence-corrected chi connectivity index (χ0v) is 23.8. The fourth-order valence-electron chi connectivity index (χ4n) is 6.49. The Kier molecular flexibility index (Phi) is 7.14. The summed E-state index contributed by atoms with van der Waals surface area (Å²) < 4.78 is 1.34. The van der Waals surface area contributed by atoms with Crippen molar-refractivity contribution in [3.05, 3.63) is 53.9 Å². The van der Waals surface area contributed by atoms with Crippen LogP contribution in [-0.4, -0.2) is 69.8 Å². The van der Waals surface area contributed by atoms with Crippen LogP contribution in [0, 0.1) is 11.3 Å². The number of para-hydroxylation sites is 1. The maximum atomic E-state index is 12.3. The third-order valence-corrected chi connectivity index (χ3v) is 9.53. The summed E-state index contributed by atoms with van der Waals surface area (Å²) in [5.74, 6) is 0.341. The topological polar surface area (TPSA) is 117 Å². The Bertz CT molecular complexity index is 1520. The van der Waals surface area contributed by atoms with Crippen molar-refractivity contribution < 1.29 is 9.59 Å². The lowest BCUT2D eigenvalue weighted by atomic mass is 9.58. The molecular formula is C30H35N7O2S. The van der Waals surface area contributed by atoms with E-state index in [1.54, 1.807) is 23.4 Å². The molecule has 3 aromatic heterocycles. The molecule has 40 heavy (non-hydrogen) atoms. The van der Waals surface area contributed by atoms with E-state index in [4.69, 9.17) is 10.7 Å². The number of pyridine rings is 2. The average Bonchev–Trinajstić information content (AvgIpc) is 3.34. The quantitative estimate of drug-likeness (QED) is 0.348. The minimum Gasteiger partial charge on any atom is -0.383 e. The minimum absolute atomic E-state index is 0.335. The van der Waals surface area contributed by atoms with Crippen LogP contribution in [0.2, 0.25) is 0 Å². The van der Waals surface area contributed by atoms with Crippen LogP contribution >= 0.6 is 11.3 Å². The highest BCUT2D eigenvalue weighted by Crippen LogP contribution is 2.56. The Morgan fingerprint density at radius 3 is 2.67 bits per heavy atom. The molecule has 1 aliphatic carbocycles. The van der Waals surface area contributed by atoms with E-state index in [0.717, 1.165) is 18.8 Å². The van der Waals surface area contributed by atoms with E-state index in [1.165, 1.54) is 47.4 Å². The van der Waals surface area contributed by atoms with Gasteiger partial charge in [0.2, 0.25) is 0 Å². The van der Waals surface area contributed by atoms with Gasteiger partial charge < -0.3 is 20.9 Å². The maximum Gasteiger partial charge on any atom is 0.313 e. The van der Waals surface area contributed by atoms with E-state index in [1.807, 2.05) is 11.3 Å². The average molecular weight is 558 g/mol. The highest BCUT2D eigenvalue weighted by Gasteiger charge is 2.52. The van der Waals surface area contributed by atoms with Crippen LogP contribution in [0.1, 0.15) is 43.5 Å². The Morgan fingerprint density at radius 2 is 1.93 bits per heavy atom. The number of anilines is 2. The van der Waals surface area contributed by atoms with Gasteiger partial charge in [0.05, 0.1) is 27.1 Å². The van der Waals surface area contributed by atoms with E-state index in [2.05, 4.69) is 58.4 Å². The van der Waals surface area contributed by atoms with Crippen LogP contribution in [0.4, 0.5) is 11.5 Å². The highest BCUT2D eigenvalue weighted by molar-refractivity contribution is 7.18. The van der Waals surface area contributed by atoms with Crippen LogP contribution in [0.15, 0.2) is 48.9 Å². The maximum absolute atomic E-state index is 12.3. The predicted molar refractivity (Wildman–Crippen MR) is 159 cm³/mol. The van der Waals surface area contributed by atoms with Crippen molar-refractivity contribution in [2.75, 3.05) is 44.3 Å². The molecule has 2 amide bonds. The molecule has 3 N–H and O–H groups in total. The molecule has 1 unspecified atom stereocenters. The first-order valence-electron chi connectivity index (χ1n) is 13.9. The van der Waals surface area contributed by atoms with E-state index >= 15 is 0 Å². The lowest BCUT2D eigenvalue weighted by molar-refractivity contribution is -0.144. The van der Waals surface area contributed by atoms with Gasteiger partial charge in [-0.25, -0.2) is 9.97 Å². The number of nitrogens with two attached hydrogens (primary N) is 1. The summed E-state index contributed by atoms with van der Waals surface area (Å²) in [7, 11) is 2.22. The number of fused-ring (bicyclic) bond motifs is 2. The third-order valence-electron chi connectivity index (χ3n) is 8.33. The second kappa shape index (κ2) is 10.7. The first-order chi connectivity index (χ1) is 19.3. The number of likely N-dealkylation sites (tertiary alicyclic amines) is 2. The molecule has 1 saturated carbocycles. The van der Waals surface area contributed by atoms with Crippen LogP contribution < -0.4 is 11.1 Å². The van der Waals surface area contributed by atoms with Gasteiger partial charge in [-0.3, -0.25) is 14.6 Å². The minimum atomic E-state index is -0.649. The van der Waals surface area contributed by atoms with Crippen molar-refractivity contribution in [3.8, 4) is 0 Å². The Balaban J connectivity index is 0.000000150. The number of hydrogen-bond donors (Lipinski definition) is 2. The molecule has 208 valence electrons. The van der Waals surface area contributed by atoms with Gasteiger partial charge in [0.25, 0.3) is 0 Å². The highest BCUT2D eigenvalue weighted by atomic mass is 32.1. The number of nitrogens with zero attached hydrogens (tertiary/aromatic N) is 5. The van der Waals surface area contributed by atoms with Gasteiger partial charge in [-0.2, -0.15) is 0 Å². The molecule has 1 atom stereocenters. The number of benzene rings is 1. The fourth-order valence-corrected chi connectivity index (χ4v) is 7.56. The van der Waals surface area contributed by atoms with Crippen molar-refractivity contribution in [3.63, 3.8) is 0 Å². The lowest BCUT2D eigenvalue weighted by Crippen LogP contribution is -2.59. The number of hydrogen-bond acceptors (Lipinski definition) is 8. The van der Waals surface area contributed by atoms with E-state index in [-0.39, 0.29) is 0 Å². The van der Waals surface area contributed by atoms with Gasteiger partial charge >= 0.3 is 11.8 Å². The molecule has 9 nitrogen and oxygen atoms in total. The third kappa shape index (κ3) is 5.25. The number of aromatic nitrogens is 3. The summed E-state index contributed by atoms with van der Waals surface area (Å²) in [6.07, 6.45) is 9.38. The summed E-state index contributed by atoms with van der Waals surface area (Å²) in [4.78, 5) is 41.4. The monoisotopic (exact) mass is 557 g/mol. The first kappa shape index (κ1) is 26.6. The number of rotatable bonds is 2. The van der Waals surface area contributed by atoms with E-state index in [9.17, 15) is 9.59 Å². The van der Waals surface area contributed by atoms with Crippen LogP contribution in [0.3, 0.4) is 0 Å². The number of thiazole rings is 1. The standard InChI is InChI=1S/C16H19N5O2.C14H16N2S/c1-10-3-2-6-21(9-10)16(23)15(22)20-13-8-18-7-12-11(13)4-5-19-14(12)17;1-16-8-14(9-16)6-10(7-14)13-15-11-4-2-3-5-12(11)17-13/h4-5,7-8,10H,2-3,6,9H2,1H3,(H2,17,19)(H,20,22);2-5,10H,6-9H2,1H3. The van der Waals surface area contributed by atoms with Gasteiger partial charge in [0, 0.05) is 55.3 Å². The Labute approximate surface area is 237 Å². The molecular weight excluding hydrogens is 522 g/mol. The summed E-state index contributed by atoms with van der Waals surface area (Å²) in [5, 5.41) is 5.37. The van der Waals surface area contributed by atoms with Crippen molar-refractivity contribution >= 4 is 55.6 Å². The Hall–Kier alpha value is -3.63. The molecule has 10 heteroatoms. The number of nitrogens with one attached hydrogen (secondary N) is 1. The molecule has 1 aromatic carbocycles. The summed E-state index contributed by atoms with van der Waals surface area (Å²) >= 11 is 1.89. The summed E-state index contributed by atoms with van der Waals surface area (Å²) in [5.41, 5.74) is 8.11. The van der Waals surface area contributed by atoms with Crippen LogP contribution in [0.25, 0.3) is 21.0 Å². The molecule has 2 saturated heterocycles. The van der Waals surface area contributed by atoms with Crippen molar-refractivity contribution in [2.45, 2.75) is 38.5 Å². The van der Waals surface area contributed by atoms with Gasteiger partial charge in [0.1, 0.15) is 5.82 Å². The van der Waals surface area contributed by atoms with Crippen molar-refractivity contribution in [2.24, 2.45) is 11.3 Å². The SMILES string of the molecule is CC1CCCN(C(=O)C(=O)Nc2cncc3c(N)nccc23)C1.CN1CC2(CC(c3nc4ccccc4s3)C2)C1. The number of carbonyl (C=O) groups excluding carboxylic acids is 2. The van der Waals surface area contributed by atoms with Gasteiger partial charge in [0.15, 0.2) is 0 Å². The molecule has 3 aliphatic rings. The smallest absolute Gasteiger partial charge is 0.313 e. The van der Waals surface area contributed by atoms with Crippen molar-refractivity contribution in [1.82, 2.24) is 24.8 Å². The predicted octanol–water partition coefficient (Wildman–Crippen LogP) is 4.51. The molecule has 4 aromatic rings. The normalized spacial score (nSPS) is 20.4. The molecule has 0 radical (unpaired) electrons. The van der Waals surface area contributed by atoms with Crippen LogP contribution in [-0.2, 0) is 9.59 Å². The molecule has 3 fully saturated rings. The van der Waals surface area contributed by atoms with Gasteiger partial charge in [-0.1, -0.05) is 19.1 Å². The molecule has 0 bridgehead atoms. The molecule has 2 aliphatic heterocycles.